The normalized spacial score (nSPS) is 37.7. The van der Waals surface area contributed by atoms with Crippen molar-refractivity contribution in [1.29, 1.82) is 0 Å². The molecule has 3 unspecified atom stereocenters. The first-order valence-electron chi connectivity index (χ1n) is 13.5. The average molecular weight is 492 g/mol. The van der Waals surface area contributed by atoms with E-state index in [4.69, 9.17) is 9.05 Å². The summed E-state index contributed by atoms with van der Waals surface area (Å²) in [7, 11) is -3.21. The number of allylic oxidation sites excluding steroid dienone is 4. The first-order chi connectivity index (χ1) is 15.9. The molecule has 0 aliphatic heterocycles. The van der Waals surface area contributed by atoms with Gasteiger partial charge in [0.1, 0.15) is 0 Å². The van der Waals surface area contributed by atoms with E-state index in [1.54, 1.807) is 0 Å². The van der Waals surface area contributed by atoms with Gasteiger partial charge < -0.3 is 14.4 Å². The number of amides is 1. The van der Waals surface area contributed by atoms with Gasteiger partial charge in [-0.2, -0.15) is 0 Å². The molecule has 1 N–H and O–H groups in total. The Kier molecular flexibility index (Phi) is 7.08. The Balaban J connectivity index is 1.59. The highest BCUT2D eigenvalue weighted by Crippen LogP contribution is 2.68. The van der Waals surface area contributed by atoms with Crippen LogP contribution in [0.4, 0.5) is 0 Å². The molecule has 5 nitrogen and oxygen atoms in total. The first kappa shape index (κ1) is 26.2. The van der Waals surface area contributed by atoms with Crippen molar-refractivity contribution in [3.05, 3.63) is 23.0 Å². The lowest BCUT2D eigenvalue weighted by atomic mass is 9.48. The Labute approximate surface area is 207 Å². The third-order valence-electron chi connectivity index (χ3n) is 9.51. The number of carbonyl (C=O) groups excluding carboxylic acids is 1. The van der Waals surface area contributed by atoms with Gasteiger partial charge in [0, 0.05) is 16.8 Å². The summed E-state index contributed by atoms with van der Waals surface area (Å²) in [6, 6.07) is 0. The molecule has 4 aliphatic rings. The van der Waals surface area contributed by atoms with Crippen molar-refractivity contribution in [2.24, 2.45) is 34.5 Å². The summed E-state index contributed by atoms with van der Waals surface area (Å²) in [6.45, 7) is 15.6. The SMILES string of the molecule is CCOP(=O)(OCC)C1=CC2=CCC3C(CC[C@@]4(C)C3CC[C@@H]4C(=O)NC(C)(C)C)[C@@]2(C)CC1. The summed E-state index contributed by atoms with van der Waals surface area (Å²) in [5, 5.41) is 4.12. The highest BCUT2D eigenvalue weighted by atomic mass is 31.2. The Morgan fingerprint density at radius 3 is 2.38 bits per heavy atom. The van der Waals surface area contributed by atoms with Gasteiger partial charge in [-0.3, -0.25) is 9.36 Å². The molecule has 2 saturated carbocycles. The van der Waals surface area contributed by atoms with E-state index < -0.39 is 7.60 Å². The van der Waals surface area contributed by atoms with Crippen molar-refractivity contribution in [3.63, 3.8) is 0 Å². The van der Waals surface area contributed by atoms with Crippen molar-refractivity contribution < 1.29 is 18.4 Å². The van der Waals surface area contributed by atoms with Crippen LogP contribution in [0.3, 0.4) is 0 Å². The minimum absolute atomic E-state index is 0.0908. The van der Waals surface area contributed by atoms with Crippen LogP contribution in [-0.4, -0.2) is 24.7 Å². The van der Waals surface area contributed by atoms with Crippen LogP contribution >= 0.6 is 7.60 Å². The van der Waals surface area contributed by atoms with Gasteiger partial charge in [0.15, 0.2) is 0 Å². The van der Waals surface area contributed by atoms with Crippen LogP contribution in [0.25, 0.3) is 0 Å². The van der Waals surface area contributed by atoms with Crippen LogP contribution in [0, 0.1) is 34.5 Å². The van der Waals surface area contributed by atoms with Gasteiger partial charge in [-0.1, -0.05) is 19.9 Å². The molecular formula is C28H46NO4P. The van der Waals surface area contributed by atoms with Crippen LogP contribution in [0.2, 0.25) is 0 Å². The summed E-state index contributed by atoms with van der Waals surface area (Å²) in [4.78, 5) is 13.2. The minimum atomic E-state index is -3.21. The third-order valence-corrected chi connectivity index (χ3v) is 11.8. The lowest BCUT2D eigenvalue weighted by Gasteiger charge is -2.57. The maximum atomic E-state index is 13.4. The van der Waals surface area contributed by atoms with E-state index in [2.05, 4.69) is 52.1 Å². The summed E-state index contributed by atoms with van der Waals surface area (Å²) >= 11 is 0. The monoisotopic (exact) mass is 491 g/mol. The second kappa shape index (κ2) is 9.20. The smallest absolute Gasteiger partial charge is 0.351 e. The molecule has 2 fully saturated rings. The van der Waals surface area contributed by atoms with Gasteiger partial charge in [-0.25, -0.2) is 0 Å². The third kappa shape index (κ3) is 4.39. The molecule has 0 bridgehead atoms. The van der Waals surface area contributed by atoms with Gasteiger partial charge in [0.05, 0.1) is 13.2 Å². The van der Waals surface area contributed by atoms with Gasteiger partial charge in [0.25, 0.3) is 0 Å². The molecule has 0 aromatic heterocycles. The zero-order valence-electron chi connectivity index (χ0n) is 22.4. The lowest BCUT2D eigenvalue weighted by Crippen LogP contribution is -2.52. The zero-order chi connectivity index (χ0) is 24.9. The Morgan fingerprint density at radius 1 is 1.09 bits per heavy atom. The highest BCUT2D eigenvalue weighted by Gasteiger charge is 2.60. The molecule has 4 aliphatic carbocycles. The fourth-order valence-corrected chi connectivity index (χ4v) is 9.73. The number of carbonyl (C=O) groups is 1. The number of nitrogens with one attached hydrogen (secondary N) is 1. The molecule has 0 radical (unpaired) electrons. The molecule has 6 heteroatoms. The van der Waals surface area contributed by atoms with E-state index >= 15 is 0 Å². The molecule has 6 atom stereocenters. The van der Waals surface area contributed by atoms with Crippen molar-refractivity contribution in [3.8, 4) is 0 Å². The molecule has 0 saturated heterocycles. The molecule has 0 spiro atoms. The largest absolute Gasteiger partial charge is 0.357 e. The average Bonchev–Trinajstić information content (AvgIpc) is 3.09. The molecule has 0 aromatic carbocycles. The molecule has 4 rings (SSSR count). The van der Waals surface area contributed by atoms with E-state index in [1.807, 2.05) is 13.8 Å². The van der Waals surface area contributed by atoms with Gasteiger partial charge in [0.2, 0.25) is 5.91 Å². The van der Waals surface area contributed by atoms with E-state index in [0.717, 1.165) is 43.8 Å². The Bertz CT molecular complexity index is 908. The minimum Gasteiger partial charge on any atom is -0.351 e. The maximum absolute atomic E-state index is 13.4. The van der Waals surface area contributed by atoms with Gasteiger partial charge in [-0.15, -0.1) is 0 Å². The van der Waals surface area contributed by atoms with Crippen molar-refractivity contribution in [1.82, 2.24) is 5.32 Å². The molecule has 34 heavy (non-hydrogen) atoms. The van der Waals surface area contributed by atoms with Crippen LogP contribution in [0.15, 0.2) is 23.0 Å². The first-order valence-corrected chi connectivity index (χ1v) is 15.0. The molecule has 0 aromatic rings. The standard InChI is InChI=1S/C28H46NO4P/c1-8-32-34(31,33-9-2)20-14-16-27(6)19(18-20)10-11-21-22-12-13-24(25(30)29-26(3,4)5)28(22,7)17-15-23(21)27/h10,18,21-24H,8-9,11-17H2,1-7H3,(H,29,30)/t21?,22?,23?,24-,27+,28+/m1/s1. The number of rotatable bonds is 6. The molecule has 1 amide bonds. The van der Waals surface area contributed by atoms with E-state index in [9.17, 15) is 9.36 Å². The fraction of sp³-hybridized carbons (Fsp3) is 0.821. The second-order valence-corrected chi connectivity index (χ2v) is 14.7. The van der Waals surface area contributed by atoms with Crippen molar-refractivity contribution in [2.45, 2.75) is 99.0 Å². The van der Waals surface area contributed by atoms with Crippen LogP contribution < -0.4 is 5.32 Å². The van der Waals surface area contributed by atoms with Crippen LogP contribution in [-0.2, 0) is 18.4 Å². The van der Waals surface area contributed by atoms with E-state index in [1.165, 1.54) is 12.0 Å². The zero-order valence-corrected chi connectivity index (χ0v) is 23.3. The number of fused-ring (bicyclic) bond motifs is 5. The molecule has 192 valence electrons. The summed E-state index contributed by atoms with van der Waals surface area (Å²) in [6.07, 6.45) is 11.9. The second-order valence-electron chi connectivity index (χ2n) is 12.6. The Hall–Kier alpha value is -0.900. The topological polar surface area (TPSA) is 64.6 Å². The lowest BCUT2D eigenvalue weighted by molar-refractivity contribution is -0.133. The summed E-state index contributed by atoms with van der Waals surface area (Å²) < 4.78 is 24.8. The van der Waals surface area contributed by atoms with Gasteiger partial charge >= 0.3 is 7.60 Å². The maximum Gasteiger partial charge on any atom is 0.357 e. The highest BCUT2D eigenvalue weighted by molar-refractivity contribution is 7.58. The van der Waals surface area contributed by atoms with Crippen molar-refractivity contribution in [2.75, 3.05) is 13.2 Å². The van der Waals surface area contributed by atoms with Crippen LogP contribution in [0.1, 0.15) is 93.4 Å². The summed E-state index contributed by atoms with van der Waals surface area (Å²) in [5.74, 6) is 2.21. The van der Waals surface area contributed by atoms with Crippen molar-refractivity contribution >= 4 is 13.5 Å². The van der Waals surface area contributed by atoms with Gasteiger partial charge in [-0.05, 0) is 120 Å². The summed E-state index contributed by atoms with van der Waals surface area (Å²) in [5.41, 5.74) is 1.34. The molecular weight excluding hydrogens is 445 g/mol. The van der Waals surface area contributed by atoms with E-state index in [0.29, 0.717) is 31.0 Å². The fourth-order valence-electron chi connectivity index (χ4n) is 7.96. The quantitative estimate of drug-likeness (QED) is 0.398. The molecule has 0 heterocycles. The number of hydrogen-bond acceptors (Lipinski definition) is 4. The predicted octanol–water partition coefficient (Wildman–Crippen LogP) is 7.24. The number of hydrogen-bond donors (Lipinski definition) is 1. The van der Waals surface area contributed by atoms with Crippen LogP contribution in [0.5, 0.6) is 0 Å². The Morgan fingerprint density at radius 2 is 1.76 bits per heavy atom. The predicted molar refractivity (Wildman–Crippen MR) is 137 cm³/mol. The van der Waals surface area contributed by atoms with E-state index in [-0.39, 0.29) is 28.2 Å².